The van der Waals surface area contributed by atoms with E-state index in [9.17, 15) is 9.18 Å². The highest BCUT2D eigenvalue weighted by molar-refractivity contribution is 9.10. The summed E-state index contributed by atoms with van der Waals surface area (Å²) >= 11 is 3.25. The Kier molecular flexibility index (Phi) is 3.36. The minimum atomic E-state index is -0.537. The second-order valence-corrected chi connectivity index (χ2v) is 6.28. The molecule has 1 aliphatic rings. The molecule has 0 aliphatic carbocycles. The number of benzene rings is 1. The first-order chi connectivity index (χ1) is 8.26. The van der Waals surface area contributed by atoms with Crippen LogP contribution in [-0.2, 0) is 17.8 Å². The maximum atomic E-state index is 13.7. The zero-order valence-corrected chi connectivity index (χ0v) is 12.2. The highest BCUT2D eigenvalue weighted by atomic mass is 79.9. The topological polar surface area (TPSA) is 29.5 Å². The Hall–Kier alpha value is -1.10. The van der Waals surface area contributed by atoms with E-state index in [4.69, 9.17) is 4.74 Å². The molecule has 5 heteroatoms. The van der Waals surface area contributed by atoms with Crippen LogP contribution in [0.4, 0.5) is 9.18 Å². The average Bonchev–Trinajstić information content (AvgIpc) is 2.58. The predicted octanol–water partition coefficient (Wildman–Crippen LogP) is 3.84. The fraction of sp³-hybridized carbons (Fsp3) is 0.462. The molecule has 0 unspecified atom stereocenters. The van der Waals surface area contributed by atoms with E-state index >= 15 is 0 Å². The standard InChI is InChI=1S/C13H15BrFNO2/c1-13(2,3)18-12(17)16-6-8-4-9(14)5-11(15)10(8)7-16/h4-5H,6-7H2,1-3H3. The van der Waals surface area contributed by atoms with Crippen LogP contribution in [0.1, 0.15) is 31.9 Å². The lowest BCUT2D eigenvalue weighted by atomic mass is 10.1. The molecule has 0 atom stereocenters. The van der Waals surface area contributed by atoms with Gasteiger partial charge < -0.3 is 4.74 Å². The smallest absolute Gasteiger partial charge is 0.410 e. The van der Waals surface area contributed by atoms with Gasteiger partial charge >= 0.3 is 6.09 Å². The third-order valence-corrected chi connectivity index (χ3v) is 3.07. The van der Waals surface area contributed by atoms with Gasteiger partial charge in [0, 0.05) is 16.6 Å². The molecule has 1 aliphatic heterocycles. The van der Waals surface area contributed by atoms with Crippen LogP contribution in [-0.4, -0.2) is 16.6 Å². The highest BCUT2D eigenvalue weighted by Crippen LogP contribution is 2.29. The van der Waals surface area contributed by atoms with E-state index in [2.05, 4.69) is 15.9 Å². The van der Waals surface area contributed by atoms with Crippen molar-refractivity contribution in [3.63, 3.8) is 0 Å². The normalized spacial score (nSPS) is 14.6. The van der Waals surface area contributed by atoms with Gasteiger partial charge in [-0.3, -0.25) is 4.90 Å². The number of ether oxygens (including phenoxy) is 1. The van der Waals surface area contributed by atoms with E-state index in [1.54, 1.807) is 0 Å². The Morgan fingerprint density at radius 3 is 2.67 bits per heavy atom. The monoisotopic (exact) mass is 315 g/mol. The van der Waals surface area contributed by atoms with Crippen LogP contribution in [0.5, 0.6) is 0 Å². The molecule has 1 aromatic carbocycles. The van der Waals surface area contributed by atoms with Crippen molar-refractivity contribution in [2.24, 2.45) is 0 Å². The highest BCUT2D eigenvalue weighted by Gasteiger charge is 2.29. The summed E-state index contributed by atoms with van der Waals surface area (Å²) in [5.41, 5.74) is 0.863. The van der Waals surface area contributed by atoms with E-state index in [1.165, 1.54) is 11.0 Å². The Morgan fingerprint density at radius 1 is 1.39 bits per heavy atom. The molecule has 0 N–H and O–H groups in total. The van der Waals surface area contributed by atoms with Crippen molar-refractivity contribution in [2.75, 3.05) is 0 Å². The minimum Gasteiger partial charge on any atom is -0.444 e. The van der Waals surface area contributed by atoms with Crippen molar-refractivity contribution in [3.8, 4) is 0 Å². The molecule has 0 aromatic heterocycles. The van der Waals surface area contributed by atoms with Crippen LogP contribution in [0.3, 0.4) is 0 Å². The molecule has 2 rings (SSSR count). The van der Waals surface area contributed by atoms with Gasteiger partial charge in [0.15, 0.2) is 0 Å². The van der Waals surface area contributed by atoms with Crippen LogP contribution >= 0.6 is 15.9 Å². The Balaban J connectivity index is 2.15. The van der Waals surface area contributed by atoms with Crippen LogP contribution in [0, 0.1) is 5.82 Å². The summed E-state index contributed by atoms with van der Waals surface area (Å²) < 4.78 is 19.7. The summed E-state index contributed by atoms with van der Waals surface area (Å²) in [6.07, 6.45) is -0.408. The summed E-state index contributed by atoms with van der Waals surface area (Å²) in [6, 6.07) is 3.25. The number of fused-ring (bicyclic) bond motifs is 1. The number of halogens is 2. The first-order valence-corrected chi connectivity index (χ1v) is 6.50. The lowest BCUT2D eigenvalue weighted by Crippen LogP contribution is -2.33. The van der Waals surface area contributed by atoms with Gasteiger partial charge in [-0.15, -0.1) is 0 Å². The number of hydrogen-bond acceptors (Lipinski definition) is 2. The average molecular weight is 316 g/mol. The van der Waals surface area contributed by atoms with Gasteiger partial charge in [0.1, 0.15) is 11.4 Å². The van der Waals surface area contributed by atoms with Crippen LogP contribution in [0.25, 0.3) is 0 Å². The summed E-state index contributed by atoms with van der Waals surface area (Å²) in [5.74, 6) is -0.287. The second kappa shape index (κ2) is 4.53. The maximum Gasteiger partial charge on any atom is 0.410 e. The van der Waals surface area contributed by atoms with Gasteiger partial charge in [-0.25, -0.2) is 9.18 Å². The molecule has 1 heterocycles. The van der Waals surface area contributed by atoms with Gasteiger partial charge in [-0.2, -0.15) is 0 Å². The predicted molar refractivity (Wildman–Crippen MR) is 69.6 cm³/mol. The molecule has 98 valence electrons. The maximum absolute atomic E-state index is 13.7. The number of carbonyl (C=O) groups excluding carboxylic acids is 1. The van der Waals surface area contributed by atoms with Crippen molar-refractivity contribution < 1.29 is 13.9 Å². The molecule has 0 fully saturated rings. The van der Waals surface area contributed by atoms with E-state index in [-0.39, 0.29) is 12.4 Å². The molecule has 0 spiro atoms. The van der Waals surface area contributed by atoms with Gasteiger partial charge in [-0.1, -0.05) is 15.9 Å². The van der Waals surface area contributed by atoms with Crippen LogP contribution in [0.15, 0.2) is 16.6 Å². The fourth-order valence-electron chi connectivity index (χ4n) is 1.88. The van der Waals surface area contributed by atoms with Crippen LogP contribution in [0.2, 0.25) is 0 Å². The fourth-order valence-corrected chi connectivity index (χ4v) is 2.36. The van der Waals surface area contributed by atoms with E-state index in [1.807, 2.05) is 26.8 Å². The minimum absolute atomic E-state index is 0.267. The zero-order chi connectivity index (χ0) is 13.5. The number of carbonyl (C=O) groups is 1. The second-order valence-electron chi connectivity index (χ2n) is 5.36. The first-order valence-electron chi connectivity index (χ1n) is 5.71. The van der Waals surface area contributed by atoms with E-state index < -0.39 is 11.7 Å². The third kappa shape index (κ3) is 2.83. The van der Waals surface area contributed by atoms with Gasteiger partial charge in [0.2, 0.25) is 0 Å². The van der Waals surface area contributed by atoms with E-state index in [0.717, 1.165) is 5.56 Å². The molecule has 0 saturated carbocycles. The summed E-state index contributed by atoms with van der Waals surface area (Å²) in [6.45, 7) is 6.09. The summed E-state index contributed by atoms with van der Waals surface area (Å²) in [7, 11) is 0. The largest absolute Gasteiger partial charge is 0.444 e. The third-order valence-electron chi connectivity index (χ3n) is 2.61. The lowest BCUT2D eigenvalue weighted by molar-refractivity contribution is 0.0241. The van der Waals surface area contributed by atoms with Crippen molar-refractivity contribution >= 4 is 22.0 Å². The SMILES string of the molecule is CC(C)(C)OC(=O)N1Cc2cc(Br)cc(F)c2C1. The van der Waals surface area contributed by atoms with Gasteiger partial charge in [0.25, 0.3) is 0 Å². The Morgan fingerprint density at radius 2 is 2.06 bits per heavy atom. The molecular weight excluding hydrogens is 301 g/mol. The molecule has 18 heavy (non-hydrogen) atoms. The molecular formula is C13H15BrFNO2. The van der Waals surface area contributed by atoms with Gasteiger partial charge in [0.05, 0.1) is 6.54 Å². The van der Waals surface area contributed by atoms with Gasteiger partial charge in [-0.05, 0) is 38.5 Å². The summed E-state index contributed by atoms with van der Waals surface area (Å²) in [4.78, 5) is 13.4. The number of amides is 1. The number of nitrogens with zero attached hydrogens (tertiary/aromatic N) is 1. The van der Waals surface area contributed by atoms with Crippen molar-refractivity contribution in [1.82, 2.24) is 4.90 Å². The number of rotatable bonds is 0. The van der Waals surface area contributed by atoms with Crippen molar-refractivity contribution in [3.05, 3.63) is 33.5 Å². The molecule has 1 amide bonds. The number of hydrogen-bond donors (Lipinski definition) is 0. The quantitative estimate of drug-likeness (QED) is 0.728. The van der Waals surface area contributed by atoms with Crippen LogP contribution < -0.4 is 0 Å². The Bertz CT molecular complexity index is 496. The molecule has 3 nitrogen and oxygen atoms in total. The Labute approximate surface area is 114 Å². The summed E-state index contributed by atoms with van der Waals surface area (Å²) in [5, 5.41) is 0. The molecule has 0 saturated heterocycles. The molecule has 0 radical (unpaired) electrons. The zero-order valence-electron chi connectivity index (χ0n) is 10.6. The first kappa shape index (κ1) is 13.3. The lowest BCUT2D eigenvalue weighted by Gasteiger charge is -2.24. The van der Waals surface area contributed by atoms with Crippen molar-refractivity contribution in [2.45, 2.75) is 39.5 Å². The molecule has 0 bridgehead atoms. The van der Waals surface area contributed by atoms with E-state index in [0.29, 0.717) is 16.6 Å². The molecule has 1 aromatic rings. The van der Waals surface area contributed by atoms with Crippen molar-refractivity contribution in [1.29, 1.82) is 0 Å².